The van der Waals surface area contributed by atoms with Crippen LogP contribution >= 0.6 is 0 Å². The molecule has 3 rings (SSSR count). The molecule has 3 aliphatic rings. The molecular weight excluding hydrogens is 340 g/mol. The number of hydrogen-bond acceptors (Lipinski definition) is 3. The van der Waals surface area contributed by atoms with Crippen molar-refractivity contribution < 1.29 is 19.5 Å². The van der Waals surface area contributed by atoms with Gasteiger partial charge in [0.2, 0.25) is 0 Å². The second-order valence-electron chi connectivity index (χ2n) is 10.1. The van der Waals surface area contributed by atoms with E-state index in [2.05, 4.69) is 20.8 Å². The van der Waals surface area contributed by atoms with Crippen molar-refractivity contribution in [1.82, 2.24) is 0 Å². The van der Waals surface area contributed by atoms with Crippen LogP contribution in [0.1, 0.15) is 85.0 Å². The predicted octanol–water partition coefficient (Wildman–Crippen LogP) is 4.89. The lowest BCUT2D eigenvalue weighted by molar-refractivity contribution is -0.143. The normalized spacial score (nSPS) is 43.1. The van der Waals surface area contributed by atoms with E-state index in [-0.39, 0.29) is 29.1 Å². The zero-order valence-electron chi connectivity index (χ0n) is 17.2. The predicted molar refractivity (Wildman–Crippen MR) is 104 cm³/mol. The van der Waals surface area contributed by atoms with Crippen molar-refractivity contribution in [2.24, 2.45) is 40.4 Å². The fourth-order valence-electron chi connectivity index (χ4n) is 7.25. The first-order chi connectivity index (χ1) is 12.7. The van der Waals surface area contributed by atoms with Crippen LogP contribution in [0.5, 0.6) is 0 Å². The van der Waals surface area contributed by atoms with Crippen molar-refractivity contribution in [3.8, 4) is 0 Å². The molecule has 0 saturated heterocycles. The second-order valence-corrected chi connectivity index (χ2v) is 10.1. The smallest absolute Gasteiger partial charge is 0.303 e. The van der Waals surface area contributed by atoms with Gasteiger partial charge in [0.25, 0.3) is 0 Å². The van der Waals surface area contributed by atoms with Gasteiger partial charge in [-0.3, -0.25) is 9.59 Å². The molecule has 0 spiro atoms. The summed E-state index contributed by atoms with van der Waals surface area (Å²) < 4.78 is 0. The summed E-state index contributed by atoms with van der Waals surface area (Å²) in [6.07, 6.45) is 9.98. The van der Waals surface area contributed by atoms with E-state index in [4.69, 9.17) is 5.11 Å². The lowest BCUT2D eigenvalue weighted by Crippen LogP contribution is -2.51. The van der Waals surface area contributed by atoms with Gasteiger partial charge in [-0.1, -0.05) is 27.2 Å². The summed E-state index contributed by atoms with van der Waals surface area (Å²) in [5, 5.41) is 9.04. The van der Waals surface area contributed by atoms with Gasteiger partial charge in [0.15, 0.2) is 0 Å². The van der Waals surface area contributed by atoms with Crippen LogP contribution in [0, 0.1) is 40.4 Å². The third-order valence-corrected chi connectivity index (χ3v) is 8.87. The lowest BCUT2D eigenvalue weighted by atomic mass is 9.50. The molecule has 0 bridgehead atoms. The third kappa shape index (κ3) is 3.49. The van der Waals surface area contributed by atoms with Crippen LogP contribution in [0.4, 0.5) is 0 Å². The van der Waals surface area contributed by atoms with Crippen LogP contribution in [-0.4, -0.2) is 23.1 Å². The van der Waals surface area contributed by atoms with E-state index in [9.17, 15) is 14.4 Å². The van der Waals surface area contributed by atoms with Gasteiger partial charge in [-0.15, -0.1) is 0 Å². The standard InChI is InChI=1S/C23H36O4/c1-15(7-10-21(26)27)17-8-9-18-16(14-24)19(11-13-22(17,18)2)23(3)12-5-4-6-20(23)25/h14-19H,4-13H2,1-3H3,(H,26,27)/t15-,16?,17-,18?,19?,22-,23-/m1/s1. The van der Waals surface area contributed by atoms with Gasteiger partial charge in [0.1, 0.15) is 12.1 Å². The zero-order valence-corrected chi connectivity index (χ0v) is 17.2. The minimum absolute atomic E-state index is 0.0209. The summed E-state index contributed by atoms with van der Waals surface area (Å²) in [6, 6.07) is 0. The van der Waals surface area contributed by atoms with Gasteiger partial charge in [-0.2, -0.15) is 0 Å². The van der Waals surface area contributed by atoms with Crippen LogP contribution in [0.15, 0.2) is 0 Å². The number of aliphatic carboxylic acids is 1. The quantitative estimate of drug-likeness (QED) is 0.670. The van der Waals surface area contributed by atoms with Crippen LogP contribution in [0.25, 0.3) is 0 Å². The minimum atomic E-state index is -0.722. The van der Waals surface area contributed by atoms with Crippen LogP contribution < -0.4 is 0 Å². The van der Waals surface area contributed by atoms with Crippen molar-refractivity contribution in [3.63, 3.8) is 0 Å². The largest absolute Gasteiger partial charge is 0.481 e. The number of carbonyl (C=O) groups is 3. The van der Waals surface area contributed by atoms with E-state index >= 15 is 0 Å². The SMILES string of the molecule is C[C@H](CCC(=O)O)[C@H]1CCC2C(C=O)C([C@@]3(C)CCCCC3=O)CC[C@@]21C. The molecule has 0 aromatic heterocycles. The summed E-state index contributed by atoms with van der Waals surface area (Å²) in [5.41, 5.74) is -0.216. The van der Waals surface area contributed by atoms with Gasteiger partial charge in [0, 0.05) is 24.2 Å². The molecule has 0 aliphatic heterocycles. The summed E-state index contributed by atoms with van der Waals surface area (Å²) >= 11 is 0. The molecule has 7 atom stereocenters. The summed E-state index contributed by atoms with van der Waals surface area (Å²) in [5.74, 6) is 1.02. The molecule has 0 aromatic rings. The van der Waals surface area contributed by atoms with E-state index in [1.54, 1.807) is 0 Å². The number of carbonyl (C=O) groups excluding carboxylic acids is 2. The highest BCUT2D eigenvalue weighted by Crippen LogP contribution is 2.63. The first-order valence-corrected chi connectivity index (χ1v) is 10.9. The highest BCUT2D eigenvalue weighted by atomic mass is 16.4. The van der Waals surface area contributed by atoms with Crippen molar-refractivity contribution >= 4 is 18.0 Å². The van der Waals surface area contributed by atoms with Gasteiger partial charge < -0.3 is 9.90 Å². The van der Waals surface area contributed by atoms with E-state index in [1.807, 2.05) is 0 Å². The van der Waals surface area contributed by atoms with Crippen molar-refractivity contribution in [1.29, 1.82) is 0 Å². The average molecular weight is 377 g/mol. The molecule has 4 nitrogen and oxygen atoms in total. The first-order valence-electron chi connectivity index (χ1n) is 10.9. The maximum Gasteiger partial charge on any atom is 0.303 e. The van der Waals surface area contributed by atoms with Crippen LogP contribution in [-0.2, 0) is 14.4 Å². The van der Waals surface area contributed by atoms with Crippen molar-refractivity contribution in [2.45, 2.75) is 85.0 Å². The molecule has 0 amide bonds. The molecule has 3 unspecified atom stereocenters. The number of carboxylic acid groups (broad SMARTS) is 1. The van der Waals surface area contributed by atoms with Crippen LogP contribution in [0.2, 0.25) is 0 Å². The zero-order chi connectivity index (χ0) is 19.8. The molecule has 4 heteroatoms. The fraction of sp³-hybridized carbons (Fsp3) is 0.870. The number of hydrogen-bond donors (Lipinski definition) is 1. The molecule has 0 radical (unpaired) electrons. The van der Waals surface area contributed by atoms with Gasteiger partial charge in [0.05, 0.1) is 0 Å². The second kappa shape index (κ2) is 7.67. The third-order valence-electron chi connectivity index (χ3n) is 8.87. The number of carboxylic acids is 1. The van der Waals surface area contributed by atoms with Crippen molar-refractivity contribution in [2.75, 3.05) is 0 Å². The number of fused-ring (bicyclic) bond motifs is 1. The number of ketones is 1. The molecule has 3 aliphatic carbocycles. The van der Waals surface area contributed by atoms with E-state index in [0.717, 1.165) is 44.9 Å². The highest BCUT2D eigenvalue weighted by molar-refractivity contribution is 5.86. The highest BCUT2D eigenvalue weighted by Gasteiger charge is 2.58. The maximum absolute atomic E-state index is 12.8. The molecule has 1 N–H and O–H groups in total. The Bertz CT molecular complexity index is 599. The summed E-state index contributed by atoms with van der Waals surface area (Å²) in [6.45, 7) is 6.65. The Labute approximate surface area is 163 Å². The van der Waals surface area contributed by atoms with Crippen molar-refractivity contribution in [3.05, 3.63) is 0 Å². The Kier molecular flexibility index (Phi) is 5.84. The topological polar surface area (TPSA) is 71.4 Å². The number of Topliss-reactive ketones (excluding diaryl/α,β-unsaturated/α-hetero) is 1. The minimum Gasteiger partial charge on any atom is -0.481 e. The van der Waals surface area contributed by atoms with Gasteiger partial charge in [-0.25, -0.2) is 0 Å². The van der Waals surface area contributed by atoms with Gasteiger partial charge in [-0.05, 0) is 74.0 Å². The number of aldehydes is 1. The molecule has 3 fully saturated rings. The van der Waals surface area contributed by atoms with Crippen LogP contribution in [0.3, 0.4) is 0 Å². The molecule has 3 saturated carbocycles. The molecular formula is C23H36O4. The number of rotatable bonds is 6. The van der Waals surface area contributed by atoms with E-state index in [0.29, 0.717) is 36.4 Å². The fourth-order valence-corrected chi connectivity index (χ4v) is 7.25. The maximum atomic E-state index is 12.8. The van der Waals surface area contributed by atoms with Gasteiger partial charge >= 0.3 is 5.97 Å². The first kappa shape index (κ1) is 20.5. The Morgan fingerprint density at radius 3 is 2.56 bits per heavy atom. The Balaban J connectivity index is 1.80. The Hall–Kier alpha value is -1.19. The average Bonchev–Trinajstić information content (AvgIpc) is 2.98. The van der Waals surface area contributed by atoms with E-state index < -0.39 is 5.97 Å². The molecule has 152 valence electrons. The molecule has 0 aromatic carbocycles. The Morgan fingerprint density at radius 2 is 1.93 bits per heavy atom. The lowest BCUT2D eigenvalue weighted by Gasteiger charge is -2.53. The Morgan fingerprint density at radius 1 is 1.19 bits per heavy atom. The summed E-state index contributed by atoms with van der Waals surface area (Å²) in [7, 11) is 0. The van der Waals surface area contributed by atoms with E-state index in [1.165, 1.54) is 6.29 Å². The monoisotopic (exact) mass is 376 g/mol. The summed E-state index contributed by atoms with van der Waals surface area (Å²) in [4.78, 5) is 36.0. The molecule has 27 heavy (non-hydrogen) atoms. The molecule has 0 heterocycles.